The molecule has 49 heavy (non-hydrogen) atoms. The first-order valence-electron chi connectivity index (χ1n) is 15.8. The third-order valence-corrected chi connectivity index (χ3v) is 8.96. The molecule has 2 fully saturated rings. The van der Waals surface area contributed by atoms with Gasteiger partial charge in [-0.25, -0.2) is 17.7 Å². The maximum absolute atomic E-state index is 17.2. The number of aromatic carboxylic acids is 1. The van der Waals surface area contributed by atoms with Gasteiger partial charge in [0.15, 0.2) is 11.6 Å². The number of anilines is 1. The van der Waals surface area contributed by atoms with E-state index in [0.29, 0.717) is 22.3 Å². The molecule has 0 radical (unpaired) electrons. The van der Waals surface area contributed by atoms with Crippen LogP contribution >= 0.6 is 0 Å². The molecule has 0 spiro atoms. The predicted molar refractivity (Wildman–Crippen MR) is 171 cm³/mol. The number of benzene rings is 3. The minimum Gasteiger partial charge on any atom is -0.545 e. The summed E-state index contributed by atoms with van der Waals surface area (Å²) in [5.74, 6) is -6.61. The van der Waals surface area contributed by atoms with E-state index in [4.69, 9.17) is 23.6 Å². The first-order chi connectivity index (χ1) is 23.0. The summed E-state index contributed by atoms with van der Waals surface area (Å²) in [4.78, 5) is 47.2. The predicted octanol–water partition coefficient (Wildman–Crippen LogP) is 5.38. The normalized spacial score (nSPS) is 14.2. The second kappa shape index (κ2) is 14.2. The fraction of sp³-hybridized carbons (Fsp3) is 0.405. The summed E-state index contributed by atoms with van der Waals surface area (Å²) in [5.41, 5.74) is -1.66. The Hall–Kier alpha value is -5.05. The van der Waals surface area contributed by atoms with Gasteiger partial charge in [-0.05, 0) is 41.4 Å². The second-order valence-corrected chi connectivity index (χ2v) is 14.2. The number of carboxylic acid groups (broad SMARTS) is 1. The van der Waals surface area contributed by atoms with Gasteiger partial charge in [0.2, 0.25) is 5.36 Å². The van der Waals surface area contributed by atoms with Gasteiger partial charge in [-0.2, -0.15) is 19.2 Å². The Bertz CT molecular complexity index is 1990. The fourth-order valence-electron chi connectivity index (χ4n) is 7.20. The van der Waals surface area contributed by atoms with E-state index in [2.05, 4.69) is 9.48 Å². The maximum Gasteiger partial charge on any atom is 0.373 e. The first kappa shape index (κ1) is 36.8. The molecule has 0 amide bonds. The third kappa shape index (κ3) is 7.07. The Morgan fingerprint density at radius 3 is 1.90 bits per heavy atom. The van der Waals surface area contributed by atoms with E-state index in [1.165, 1.54) is 0 Å². The maximum atomic E-state index is 17.2. The zero-order valence-corrected chi connectivity index (χ0v) is 28.2. The van der Waals surface area contributed by atoms with Gasteiger partial charge in [0.1, 0.15) is 30.3 Å². The molecule has 0 aromatic heterocycles. The lowest BCUT2D eigenvalue weighted by Gasteiger charge is -2.42. The van der Waals surface area contributed by atoms with E-state index < -0.39 is 56.9 Å². The average molecular weight is 679 g/mol. The SMILES string of the molecule is CC(C)(C)C(c1c(F)c(F)c(C(=O)[O-])c(-c2c3ccc(=[N+]4CCC4)cc-3oc3cc(N4CCC4)ccc23)c1F)C(C)(C)C.O=C=O.O=C=O. The molecule has 0 atom stereocenters. The average Bonchev–Trinajstić information content (AvgIpc) is 2.93. The number of halogens is 3. The van der Waals surface area contributed by atoms with Crippen LogP contribution in [0.25, 0.3) is 33.4 Å². The van der Waals surface area contributed by atoms with Crippen LogP contribution in [0.2, 0.25) is 0 Å². The molecule has 2 saturated heterocycles. The molecular formula is C37H37F3N2O7. The van der Waals surface area contributed by atoms with Gasteiger partial charge in [-0.15, -0.1) is 0 Å². The van der Waals surface area contributed by atoms with Crippen molar-refractivity contribution in [2.45, 2.75) is 60.3 Å². The Morgan fingerprint density at radius 1 is 0.837 bits per heavy atom. The van der Waals surface area contributed by atoms with Gasteiger partial charge in [-0.1, -0.05) is 41.5 Å². The number of carbonyl (C=O) groups is 1. The smallest absolute Gasteiger partial charge is 0.373 e. The van der Waals surface area contributed by atoms with Crippen molar-refractivity contribution in [3.63, 3.8) is 0 Å². The van der Waals surface area contributed by atoms with Crippen LogP contribution in [0, 0.1) is 28.3 Å². The van der Waals surface area contributed by atoms with Crippen LogP contribution in [-0.4, -0.2) is 44.5 Å². The molecule has 0 N–H and O–H groups in total. The van der Waals surface area contributed by atoms with Crippen LogP contribution in [0.15, 0.2) is 40.8 Å². The van der Waals surface area contributed by atoms with Gasteiger partial charge in [0.25, 0.3) is 0 Å². The van der Waals surface area contributed by atoms with E-state index in [-0.39, 0.29) is 17.9 Å². The topological polar surface area (TPSA) is 128 Å². The van der Waals surface area contributed by atoms with Crippen LogP contribution in [-0.2, 0) is 19.2 Å². The van der Waals surface area contributed by atoms with Crippen molar-refractivity contribution in [1.29, 1.82) is 0 Å². The highest BCUT2D eigenvalue weighted by Gasteiger charge is 2.43. The first-order valence-corrected chi connectivity index (χ1v) is 15.8. The van der Waals surface area contributed by atoms with Gasteiger partial charge in [-0.3, -0.25) is 0 Å². The number of carboxylic acids is 1. The largest absolute Gasteiger partial charge is 0.545 e. The van der Waals surface area contributed by atoms with Crippen molar-refractivity contribution >= 4 is 34.9 Å². The third-order valence-electron chi connectivity index (χ3n) is 8.96. The monoisotopic (exact) mass is 678 g/mol. The Balaban J connectivity index is 0.000000841. The van der Waals surface area contributed by atoms with Gasteiger partial charge in [0.05, 0.1) is 18.5 Å². The summed E-state index contributed by atoms with van der Waals surface area (Å²) in [5, 5.41) is 13.8. The van der Waals surface area contributed by atoms with Gasteiger partial charge >= 0.3 is 12.3 Å². The highest BCUT2D eigenvalue weighted by Crippen LogP contribution is 2.52. The van der Waals surface area contributed by atoms with E-state index in [1.807, 2.05) is 65.8 Å². The molecule has 3 aliphatic heterocycles. The summed E-state index contributed by atoms with van der Waals surface area (Å²) in [7, 11) is 0. The van der Waals surface area contributed by atoms with Crippen LogP contribution in [0.4, 0.5) is 18.9 Å². The lowest BCUT2D eigenvalue weighted by molar-refractivity contribution is -0.255. The number of fused-ring (bicyclic) bond motifs is 2. The molecule has 6 rings (SSSR count). The lowest BCUT2D eigenvalue weighted by atomic mass is 9.63. The minimum atomic E-state index is -1.99. The number of rotatable bonds is 4. The molecule has 2 aromatic rings. The number of hydrogen-bond acceptors (Lipinski definition) is 8. The summed E-state index contributed by atoms with van der Waals surface area (Å²) >= 11 is 0. The highest BCUT2D eigenvalue weighted by molar-refractivity contribution is 6.08. The van der Waals surface area contributed by atoms with Crippen LogP contribution < -0.4 is 19.9 Å². The quantitative estimate of drug-likeness (QED) is 0.160. The molecular weight excluding hydrogens is 641 g/mol. The molecule has 0 bridgehead atoms. The van der Waals surface area contributed by atoms with Gasteiger partial charge in [0, 0.05) is 64.1 Å². The molecule has 0 saturated carbocycles. The van der Waals surface area contributed by atoms with Crippen LogP contribution in [0.5, 0.6) is 0 Å². The lowest BCUT2D eigenvalue weighted by Crippen LogP contribution is -2.40. The van der Waals surface area contributed by atoms with Crippen molar-refractivity contribution in [1.82, 2.24) is 4.58 Å². The van der Waals surface area contributed by atoms with Crippen molar-refractivity contribution in [3.8, 4) is 22.5 Å². The van der Waals surface area contributed by atoms with E-state index >= 15 is 13.2 Å². The zero-order valence-electron chi connectivity index (χ0n) is 28.2. The summed E-state index contributed by atoms with van der Waals surface area (Å²) in [6.45, 7) is 14.6. The minimum absolute atomic E-state index is 0.139. The molecule has 12 heteroatoms. The Labute approximate surface area is 281 Å². The van der Waals surface area contributed by atoms with Crippen LogP contribution in [0.3, 0.4) is 0 Å². The van der Waals surface area contributed by atoms with Crippen molar-refractivity contribution in [2.75, 3.05) is 31.1 Å². The summed E-state index contributed by atoms with van der Waals surface area (Å²) in [6, 6.07) is 10.9. The van der Waals surface area contributed by atoms with E-state index in [0.717, 1.165) is 50.1 Å². The second-order valence-electron chi connectivity index (χ2n) is 14.2. The summed E-state index contributed by atoms with van der Waals surface area (Å²) in [6.07, 6.45) is 2.63. The number of carbonyl (C=O) groups excluding carboxylic acids is 5. The molecule has 0 unspecified atom stereocenters. The van der Waals surface area contributed by atoms with Crippen LogP contribution in [0.1, 0.15) is 76.2 Å². The molecule has 1 aliphatic carbocycles. The van der Waals surface area contributed by atoms with Crippen molar-refractivity contribution in [3.05, 3.63) is 70.3 Å². The Morgan fingerprint density at radius 2 is 1.43 bits per heavy atom. The molecule has 258 valence electrons. The number of nitrogens with zero attached hydrogens (tertiary/aromatic N) is 2. The standard InChI is InChI=1S/C35H37F3N2O3.2CO2/c1-34(2,3)32(35(4,5)6)28-29(36)26(27(33(41)42)30(37)31(28)38)25-21-11-9-19(39-13-7-14-39)17-23(21)43-24-18-20(10-12-22(24)25)40-15-8-16-40;2*2-1-3/h9-12,17-18,32H,7-8,13-16H2,1-6H3;;. The van der Waals surface area contributed by atoms with E-state index in [1.54, 1.807) is 12.1 Å². The van der Waals surface area contributed by atoms with Crippen molar-refractivity contribution < 1.29 is 46.7 Å². The zero-order chi connectivity index (χ0) is 36.4. The molecule has 4 aliphatic rings. The van der Waals surface area contributed by atoms with E-state index in [9.17, 15) is 9.90 Å². The number of hydrogen-bond donors (Lipinski definition) is 0. The highest BCUT2D eigenvalue weighted by atomic mass is 19.2. The van der Waals surface area contributed by atoms with Crippen molar-refractivity contribution in [2.24, 2.45) is 10.8 Å². The summed E-state index contributed by atoms with van der Waals surface area (Å²) < 4.78 is 57.7. The Kier molecular flexibility index (Phi) is 10.7. The molecule has 2 aromatic carbocycles. The molecule has 9 nitrogen and oxygen atoms in total. The molecule has 3 heterocycles. The fourth-order valence-corrected chi connectivity index (χ4v) is 7.20. The van der Waals surface area contributed by atoms with Gasteiger partial charge < -0.3 is 19.2 Å².